The molecule has 0 aliphatic carbocycles. The SMILES string of the molecule is c1ccc(-c2ccc(-c3ccc(-c4ccc(N(c5ccc(-c6ccc(N(c7ccccc7)c7ccccc7)cc6)cc5)c5ccc(-c6ccc(N(c7ccc(-c8ccc(N(c9ccccc9)c9ccccc9)cc8)cc7)c7ccc(-c8ccc(-c9ccccc9)s8)cc7)cc6)cc5)cc4)cc3)s2)cc1. The zero-order chi connectivity index (χ0) is 69.4. The van der Waals surface area contributed by atoms with Crippen LogP contribution in [0.25, 0.3) is 86.3 Å². The summed E-state index contributed by atoms with van der Waals surface area (Å²) < 4.78 is 0. The fraction of sp³-hybridized carbons (Fsp3) is 0. The molecule has 2 aromatic heterocycles. The van der Waals surface area contributed by atoms with Crippen molar-refractivity contribution in [1.29, 1.82) is 0 Å². The van der Waals surface area contributed by atoms with E-state index in [-0.39, 0.29) is 0 Å². The third-order valence-electron chi connectivity index (χ3n) is 19.2. The molecule has 0 unspecified atom stereocenters. The van der Waals surface area contributed by atoms with Crippen LogP contribution in [0, 0.1) is 0 Å². The molecular formula is C98H70N4S2. The highest BCUT2D eigenvalue weighted by atomic mass is 32.1. The number of hydrogen-bond acceptors (Lipinski definition) is 6. The summed E-state index contributed by atoms with van der Waals surface area (Å²) in [4.78, 5) is 14.3. The van der Waals surface area contributed by atoms with Crippen molar-refractivity contribution in [3.63, 3.8) is 0 Å². The van der Waals surface area contributed by atoms with Gasteiger partial charge in [-0.1, -0.05) is 255 Å². The zero-order valence-electron chi connectivity index (χ0n) is 57.0. The first-order valence-corrected chi connectivity index (χ1v) is 36.8. The Hall–Kier alpha value is -13.1. The van der Waals surface area contributed by atoms with Crippen LogP contribution in [-0.2, 0) is 0 Å². The Bertz CT molecular complexity index is 5540. The second-order valence-corrected chi connectivity index (χ2v) is 27.9. The minimum Gasteiger partial charge on any atom is -0.311 e. The molecule has 0 N–H and O–H groups in total. The Labute approximate surface area is 617 Å². The van der Waals surface area contributed by atoms with Gasteiger partial charge < -0.3 is 19.6 Å². The van der Waals surface area contributed by atoms with E-state index >= 15 is 0 Å². The maximum Gasteiger partial charge on any atom is 0.0462 e. The number of hydrogen-bond donors (Lipinski definition) is 0. The van der Waals surface area contributed by atoms with Crippen molar-refractivity contribution in [3.05, 3.63) is 425 Å². The Morgan fingerprint density at radius 2 is 0.231 bits per heavy atom. The van der Waals surface area contributed by atoms with Crippen LogP contribution in [0.3, 0.4) is 0 Å². The van der Waals surface area contributed by atoms with Crippen molar-refractivity contribution in [2.75, 3.05) is 19.6 Å². The molecule has 17 rings (SSSR count). The second kappa shape index (κ2) is 29.6. The van der Waals surface area contributed by atoms with Crippen LogP contribution in [-0.4, -0.2) is 0 Å². The van der Waals surface area contributed by atoms with E-state index in [2.05, 4.69) is 444 Å². The van der Waals surface area contributed by atoms with E-state index < -0.39 is 0 Å². The summed E-state index contributed by atoms with van der Waals surface area (Å²) in [6.07, 6.45) is 0. The molecular weight excluding hydrogens is 1300 g/mol. The molecule has 104 heavy (non-hydrogen) atoms. The molecule has 0 saturated carbocycles. The lowest BCUT2D eigenvalue weighted by Gasteiger charge is -2.27. The number of benzene rings is 15. The molecule has 2 heterocycles. The average Bonchev–Trinajstić information content (AvgIpc) is 1.00. The van der Waals surface area contributed by atoms with Crippen LogP contribution in [0.1, 0.15) is 0 Å². The first-order chi connectivity index (χ1) is 51.5. The molecule has 0 aliphatic heterocycles. The van der Waals surface area contributed by atoms with Gasteiger partial charge in [-0.05, 0) is 237 Å². The number of anilines is 12. The summed E-state index contributed by atoms with van der Waals surface area (Å²) in [5, 5.41) is 0. The molecule has 494 valence electrons. The summed E-state index contributed by atoms with van der Waals surface area (Å²) in [6, 6.07) is 153. The van der Waals surface area contributed by atoms with Gasteiger partial charge >= 0.3 is 0 Å². The van der Waals surface area contributed by atoms with Crippen LogP contribution >= 0.6 is 22.7 Å². The Balaban J connectivity index is 0.666. The van der Waals surface area contributed by atoms with Gasteiger partial charge in [0.1, 0.15) is 0 Å². The van der Waals surface area contributed by atoms with Gasteiger partial charge in [-0.3, -0.25) is 0 Å². The summed E-state index contributed by atoms with van der Waals surface area (Å²) in [5.41, 5.74) is 27.1. The fourth-order valence-electron chi connectivity index (χ4n) is 13.8. The Morgan fingerprint density at radius 3 is 0.413 bits per heavy atom. The molecule has 0 saturated heterocycles. The maximum atomic E-state index is 2.36. The largest absolute Gasteiger partial charge is 0.311 e. The van der Waals surface area contributed by atoms with Gasteiger partial charge in [0.15, 0.2) is 0 Å². The first-order valence-electron chi connectivity index (χ1n) is 35.2. The van der Waals surface area contributed by atoms with E-state index in [4.69, 9.17) is 0 Å². The van der Waals surface area contributed by atoms with E-state index in [0.29, 0.717) is 0 Å². The van der Waals surface area contributed by atoms with Crippen LogP contribution in [0.5, 0.6) is 0 Å². The predicted molar refractivity (Wildman–Crippen MR) is 444 cm³/mol. The van der Waals surface area contributed by atoms with Crippen molar-refractivity contribution in [2.24, 2.45) is 0 Å². The normalized spacial score (nSPS) is 11.1. The van der Waals surface area contributed by atoms with Gasteiger partial charge in [0.2, 0.25) is 0 Å². The topological polar surface area (TPSA) is 13.0 Å². The van der Waals surface area contributed by atoms with E-state index in [9.17, 15) is 0 Å². The molecule has 17 aromatic rings. The molecule has 0 fully saturated rings. The standard InChI is InChI=1S/C98H70N4S2/c1-7-19-79(20-8-1)95-67-69-97(103-95)81-33-31-71(32-34-81)72-35-55-89(56-36-72)101(90-57-41-75(42-58-90)73-37-51-87(52-38-73)99(83-23-11-3-12-24-83)84-25-13-4-14-26-84)91-59-43-77(44-60-91)78-47-63-93(64-48-78)102(94-65-49-82(50-66-94)98-70-68-96(104-98)80-21-9-2-10-22-80)92-61-45-76(46-62-92)74-39-53-88(54-40-74)100(85-27-15-5-16-28-85)86-29-17-6-18-30-86/h1-70H. The van der Waals surface area contributed by atoms with Crippen molar-refractivity contribution in [2.45, 2.75) is 0 Å². The molecule has 0 aliphatic rings. The summed E-state index contributed by atoms with van der Waals surface area (Å²) in [6.45, 7) is 0. The predicted octanol–water partition coefficient (Wildman–Crippen LogP) is 29.0. The van der Waals surface area contributed by atoms with Gasteiger partial charge in [0, 0.05) is 87.8 Å². The van der Waals surface area contributed by atoms with E-state index in [1.54, 1.807) is 0 Å². The molecule has 0 radical (unpaired) electrons. The van der Waals surface area contributed by atoms with Crippen LogP contribution in [0.15, 0.2) is 425 Å². The minimum absolute atomic E-state index is 1.06. The van der Waals surface area contributed by atoms with E-state index in [1.807, 2.05) is 22.7 Å². The Kier molecular flexibility index (Phi) is 18.3. The smallest absolute Gasteiger partial charge is 0.0462 e. The van der Waals surface area contributed by atoms with Gasteiger partial charge in [-0.15, -0.1) is 22.7 Å². The summed E-state index contributed by atoms with van der Waals surface area (Å²) in [5.74, 6) is 0. The van der Waals surface area contributed by atoms with E-state index in [0.717, 1.165) is 107 Å². The number of thiophene rings is 2. The monoisotopic (exact) mass is 1370 g/mol. The highest BCUT2D eigenvalue weighted by Crippen LogP contribution is 2.45. The fourth-order valence-corrected chi connectivity index (χ4v) is 15.9. The van der Waals surface area contributed by atoms with Crippen molar-refractivity contribution in [3.8, 4) is 86.3 Å². The minimum atomic E-state index is 1.06. The van der Waals surface area contributed by atoms with Gasteiger partial charge in [0.25, 0.3) is 0 Å². The highest BCUT2D eigenvalue weighted by molar-refractivity contribution is 7.19. The highest BCUT2D eigenvalue weighted by Gasteiger charge is 2.20. The third-order valence-corrected chi connectivity index (χ3v) is 21.5. The molecule has 6 heteroatoms. The summed E-state index contributed by atoms with van der Waals surface area (Å²) >= 11 is 3.65. The van der Waals surface area contributed by atoms with Crippen molar-refractivity contribution >= 4 is 90.9 Å². The lowest BCUT2D eigenvalue weighted by atomic mass is 10.0. The number of rotatable bonds is 20. The van der Waals surface area contributed by atoms with Gasteiger partial charge in [-0.25, -0.2) is 0 Å². The maximum absolute atomic E-state index is 2.36. The third kappa shape index (κ3) is 13.8. The van der Waals surface area contributed by atoms with Crippen LogP contribution in [0.4, 0.5) is 68.2 Å². The van der Waals surface area contributed by atoms with Gasteiger partial charge in [0.05, 0.1) is 0 Å². The number of nitrogens with zero attached hydrogens (tertiary/aromatic N) is 4. The lowest BCUT2D eigenvalue weighted by molar-refractivity contribution is 1.28. The van der Waals surface area contributed by atoms with Gasteiger partial charge in [-0.2, -0.15) is 0 Å². The number of para-hydroxylation sites is 4. The molecule has 0 atom stereocenters. The van der Waals surface area contributed by atoms with E-state index in [1.165, 1.54) is 47.3 Å². The first kappa shape index (κ1) is 64.3. The molecule has 4 nitrogen and oxygen atoms in total. The van der Waals surface area contributed by atoms with Crippen molar-refractivity contribution in [1.82, 2.24) is 0 Å². The summed E-state index contributed by atoms with van der Waals surface area (Å²) in [7, 11) is 0. The zero-order valence-corrected chi connectivity index (χ0v) is 58.7. The van der Waals surface area contributed by atoms with Crippen LogP contribution in [0.2, 0.25) is 0 Å². The second-order valence-electron chi connectivity index (χ2n) is 25.7. The quantitative estimate of drug-likeness (QED) is 0.0754. The molecule has 15 aromatic carbocycles. The van der Waals surface area contributed by atoms with Crippen molar-refractivity contribution < 1.29 is 0 Å². The molecule has 0 bridgehead atoms. The average molecular weight is 1370 g/mol. The Morgan fingerprint density at radius 1 is 0.106 bits per heavy atom. The molecule has 0 amide bonds. The van der Waals surface area contributed by atoms with Crippen LogP contribution < -0.4 is 19.6 Å². The molecule has 0 spiro atoms. The lowest BCUT2D eigenvalue weighted by Crippen LogP contribution is -2.10.